The number of halogens is 2. The van der Waals surface area contributed by atoms with E-state index in [4.69, 9.17) is 4.42 Å². The van der Waals surface area contributed by atoms with Crippen molar-refractivity contribution in [1.29, 1.82) is 0 Å². The van der Waals surface area contributed by atoms with Crippen LogP contribution in [-0.2, 0) is 4.79 Å². The van der Waals surface area contributed by atoms with E-state index in [9.17, 15) is 23.5 Å². The first-order valence-electron chi connectivity index (χ1n) is 9.61. The molecule has 6 nitrogen and oxygen atoms in total. The highest BCUT2D eigenvalue weighted by Crippen LogP contribution is 2.41. The van der Waals surface area contributed by atoms with Gasteiger partial charge in [-0.05, 0) is 36.4 Å². The van der Waals surface area contributed by atoms with Gasteiger partial charge in [-0.1, -0.05) is 24.3 Å². The number of aromatic nitrogens is 1. The molecule has 0 saturated carbocycles. The van der Waals surface area contributed by atoms with Crippen LogP contribution >= 0.6 is 0 Å². The van der Waals surface area contributed by atoms with Crippen molar-refractivity contribution in [3.63, 3.8) is 0 Å². The number of aliphatic hydroxyl groups excluding tert-OH is 1. The molecule has 1 N–H and O–H groups in total. The third-order valence-corrected chi connectivity index (χ3v) is 5.25. The SMILES string of the molecule is O=C(C1=C(O)C(=O)N(c2ccc(F)c(F)c2)C1c1ccccn1)c1cc2ccccc2o1. The van der Waals surface area contributed by atoms with Crippen LogP contribution in [0, 0.1) is 11.6 Å². The van der Waals surface area contributed by atoms with E-state index in [1.807, 2.05) is 0 Å². The molecule has 32 heavy (non-hydrogen) atoms. The first kappa shape index (κ1) is 19.6. The number of rotatable bonds is 4. The molecule has 2 aromatic carbocycles. The zero-order chi connectivity index (χ0) is 22.4. The smallest absolute Gasteiger partial charge is 0.294 e. The first-order valence-corrected chi connectivity index (χ1v) is 9.61. The lowest BCUT2D eigenvalue weighted by Crippen LogP contribution is -2.31. The van der Waals surface area contributed by atoms with Gasteiger partial charge in [0.15, 0.2) is 23.2 Å². The number of carbonyl (C=O) groups excluding carboxylic acids is 2. The Bertz CT molecular complexity index is 1380. The van der Waals surface area contributed by atoms with Crippen molar-refractivity contribution in [1.82, 2.24) is 4.98 Å². The third kappa shape index (κ3) is 3.04. The minimum atomic E-state index is -1.17. The number of nitrogens with zero attached hydrogens (tertiary/aromatic N) is 2. The van der Waals surface area contributed by atoms with Crippen molar-refractivity contribution < 1.29 is 27.9 Å². The van der Waals surface area contributed by atoms with Gasteiger partial charge in [-0.25, -0.2) is 8.78 Å². The van der Waals surface area contributed by atoms with Crippen molar-refractivity contribution in [3.8, 4) is 0 Å². The van der Waals surface area contributed by atoms with Crippen molar-refractivity contribution in [3.05, 3.63) is 107 Å². The van der Waals surface area contributed by atoms with E-state index in [1.54, 1.807) is 42.5 Å². The Morgan fingerprint density at radius 2 is 1.78 bits per heavy atom. The van der Waals surface area contributed by atoms with E-state index in [0.717, 1.165) is 17.0 Å². The van der Waals surface area contributed by atoms with Crippen LogP contribution in [0.25, 0.3) is 11.0 Å². The number of anilines is 1. The van der Waals surface area contributed by atoms with Gasteiger partial charge >= 0.3 is 0 Å². The number of hydrogen-bond donors (Lipinski definition) is 1. The van der Waals surface area contributed by atoms with Gasteiger partial charge in [-0.2, -0.15) is 0 Å². The molecule has 0 radical (unpaired) electrons. The monoisotopic (exact) mass is 432 g/mol. The standard InChI is InChI=1S/C24H14F2N2O4/c25-15-9-8-14(12-16(15)26)28-21(17-6-3-4-10-27-17)20(23(30)24(28)31)22(29)19-11-13-5-1-2-7-18(13)32-19/h1-12,21,30H. The molecule has 158 valence electrons. The molecule has 2 aromatic heterocycles. The maximum atomic E-state index is 13.9. The first-order chi connectivity index (χ1) is 15.5. The summed E-state index contributed by atoms with van der Waals surface area (Å²) >= 11 is 0. The number of benzene rings is 2. The molecule has 1 amide bonds. The molecule has 1 aliphatic heterocycles. The van der Waals surface area contributed by atoms with Gasteiger partial charge in [0.2, 0.25) is 5.78 Å². The molecule has 1 aliphatic rings. The maximum absolute atomic E-state index is 13.9. The zero-order valence-corrected chi connectivity index (χ0v) is 16.3. The maximum Gasteiger partial charge on any atom is 0.294 e. The molecule has 0 saturated heterocycles. The lowest BCUT2D eigenvalue weighted by atomic mass is 9.98. The number of pyridine rings is 1. The predicted octanol–water partition coefficient (Wildman–Crippen LogP) is 4.89. The molecule has 0 bridgehead atoms. The highest BCUT2D eigenvalue weighted by Gasteiger charge is 2.46. The number of amides is 1. The number of para-hydroxylation sites is 1. The van der Waals surface area contributed by atoms with E-state index in [2.05, 4.69) is 4.98 Å². The second-order valence-electron chi connectivity index (χ2n) is 7.17. The Labute approximate surface area is 180 Å². The van der Waals surface area contributed by atoms with Crippen LogP contribution in [-0.4, -0.2) is 21.8 Å². The van der Waals surface area contributed by atoms with Crippen molar-refractivity contribution in [2.24, 2.45) is 0 Å². The highest BCUT2D eigenvalue weighted by molar-refractivity contribution is 6.20. The number of ketones is 1. The highest BCUT2D eigenvalue weighted by atomic mass is 19.2. The summed E-state index contributed by atoms with van der Waals surface area (Å²) in [5, 5.41) is 11.4. The van der Waals surface area contributed by atoms with Crippen LogP contribution in [0.15, 0.2) is 88.7 Å². The molecule has 5 rings (SSSR count). The third-order valence-electron chi connectivity index (χ3n) is 5.25. The van der Waals surface area contributed by atoms with E-state index < -0.39 is 35.1 Å². The van der Waals surface area contributed by atoms with E-state index in [1.165, 1.54) is 18.3 Å². The molecule has 3 heterocycles. The summed E-state index contributed by atoms with van der Waals surface area (Å²) < 4.78 is 33.1. The van der Waals surface area contributed by atoms with Gasteiger partial charge in [0.1, 0.15) is 11.6 Å². The summed E-state index contributed by atoms with van der Waals surface area (Å²) in [6, 6.07) is 15.0. The van der Waals surface area contributed by atoms with Gasteiger partial charge in [0, 0.05) is 23.3 Å². The Morgan fingerprint density at radius 1 is 1.00 bits per heavy atom. The Morgan fingerprint density at radius 3 is 2.50 bits per heavy atom. The second kappa shape index (κ2) is 7.42. The van der Waals surface area contributed by atoms with Crippen LogP contribution in [0.5, 0.6) is 0 Å². The average Bonchev–Trinajstić information content (AvgIpc) is 3.35. The molecule has 0 fully saturated rings. The van der Waals surface area contributed by atoms with E-state index in [0.29, 0.717) is 11.0 Å². The number of furan rings is 1. The molecule has 1 unspecified atom stereocenters. The second-order valence-corrected chi connectivity index (χ2v) is 7.17. The lowest BCUT2D eigenvalue weighted by Gasteiger charge is -2.26. The van der Waals surface area contributed by atoms with Crippen LogP contribution in [0.2, 0.25) is 0 Å². The minimum Gasteiger partial charge on any atom is -0.503 e. The van der Waals surface area contributed by atoms with Gasteiger partial charge in [-0.15, -0.1) is 0 Å². The van der Waals surface area contributed by atoms with Crippen LogP contribution in [0.3, 0.4) is 0 Å². The quantitative estimate of drug-likeness (QED) is 0.465. The summed E-state index contributed by atoms with van der Waals surface area (Å²) in [5.74, 6) is -4.81. The van der Waals surface area contributed by atoms with Crippen molar-refractivity contribution in [2.75, 3.05) is 4.90 Å². The molecule has 8 heteroatoms. The number of aliphatic hydroxyl groups is 1. The van der Waals surface area contributed by atoms with Gasteiger partial charge in [0.25, 0.3) is 5.91 Å². The normalized spacial score (nSPS) is 16.2. The molecule has 0 spiro atoms. The summed E-state index contributed by atoms with van der Waals surface area (Å²) in [7, 11) is 0. The lowest BCUT2D eigenvalue weighted by molar-refractivity contribution is -0.117. The predicted molar refractivity (Wildman–Crippen MR) is 111 cm³/mol. The molecule has 0 aliphatic carbocycles. The molecular formula is C24H14F2N2O4. The van der Waals surface area contributed by atoms with E-state index in [-0.39, 0.29) is 22.7 Å². The van der Waals surface area contributed by atoms with Crippen LogP contribution in [0.1, 0.15) is 22.3 Å². The van der Waals surface area contributed by atoms with Crippen LogP contribution < -0.4 is 4.90 Å². The summed E-state index contributed by atoms with van der Waals surface area (Å²) in [4.78, 5) is 31.6. The number of fused-ring (bicyclic) bond motifs is 1. The van der Waals surface area contributed by atoms with Crippen molar-refractivity contribution >= 4 is 28.3 Å². The van der Waals surface area contributed by atoms with Gasteiger partial charge in [0.05, 0.1) is 11.3 Å². The minimum absolute atomic E-state index is 0.0384. The number of Topliss-reactive ketones (excluding diaryl/α,β-unsaturated/α-hetero) is 1. The Kier molecular flexibility index (Phi) is 4.55. The number of hydrogen-bond acceptors (Lipinski definition) is 5. The fourth-order valence-electron chi connectivity index (χ4n) is 3.78. The van der Waals surface area contributed by atoms with Gasteiger partial charge in [-0.3, -0.25) is 19.5 Å². The summed E-state index contributed by atoms with van der Waals surface area (Å²) in [5.41, 5.74) is 0.419. The summed E-state index contributed by atoms with van der Waals surface area (Å²) in [6.45, 7) is 0. The zero-order valence-electron chi connectivity index (χ0n) is 16.3. The fourth-order valence-corrected chi connectivity index (χ4v) is 3.78. The fraction of sp³-hybridized carbons (Fsp3) is 0.0417. The molecule has 1 atom stereocenters. The largest absolute Gasteiger partial charge is 0.503 e. The topological polar surface area (TPSA) is 83.6 Å². The van der Waals surface area contributed by atoms with Gasteiger partial charge < -0.3 is 9.52 Å². The van der Waals surface area contributed by atoms with Crippen molar-refractivity contribution in [2.45, 2.75) is 6.04 Å². The average molecular weight is 432 g/mol. The summed E-state index contributed by atoms with van der Waals surface area (Å²) in [6.07, 6.45) is 1.46. The van der Waals surface area contributed by atoms with E-state index >= 15 is 0 Å². The van der Waals surface area contributed by atoms with Crippen LogP contribution in [0.4, 0.5) is 14.5 Å². The molecule has 4 aromatic rings. The Hall–Kier alpha value is -4.33. The molecular weight excluding hydrogens is 418 g/mol. The number of carbonyl (C=O) groups is 2. The Balaban J connectivity index is 1.66.